The maximum Gasteiger partial charge on any atom is 0.416 e. The Morgan fingerprint density at radius 3 is 2.41 bits per heavy atom. The molecule has 2 aliphatic rings. The number of likely N-dealkylation sites (N-methyl/N-ethyl adjacent to an activating group) is 1. The van der Waals surface area contributed by atoms with Gasteiger partial charge in [-0.05, 0) is 30.7 Å². The Morgan fingerprint density at radius 1 is 1.07 bits per heavy atom. The lowest BCUT2D eigenvalue weighted by Crippen LogP contribution is -2.45. The number of aryl methyl sites for hydroxylation is 1. The Hall–Kier alpha value is -3.29. The van der Waals surface area contributed by atoms with Crippen LogP contribution in [0.1, 0.15) is 22.7 Å². The van der Waals surface area contributed by atoms with Gasteiger partial charge in [0.15, 0.2) is 0 Å². The molecule has 29 heavy (non-hydrogen) atoms. The van der Waals surface area contributed by atoms with E-state index in [2.05, 4.69) is 5.32 Å². The van der Waals surface area contributed by atoms with Gasteiger partial charge in [-0.25, -0.2) is 4.79 Å². The molecule has 0 saturated heterocycles. The molecular weight excluding hydrogens is 383 g/mol. The predicted octanol–water partition coefficient (Wildman–Crippen LogP) is 4.01. The van der Waals surface area contributed by atoms with Gasteiger partial charge in [-0.2, -0.15) is 13.2 Å². The number of nitrogens with one attached hydrogen (secondary N) is 1. The molecule has 0 radical (unpaired) electrons. The van der Waals surface area contributed by atoms with E-state index in [4.69, 9.17) is 0 Å². The van der Waals surface area contributed by atoms with Crippen LogP contribution in [0.2, 0.25) is 0 Å². The zero-order valence-corrected chi connectivity index (χ0v) is 15.7. The number of nitrogens with zero attached hydrogens (tertiary/aromatic N) is 2. The molecule has 0 saturated carbocycles. The van der Waals surface area contributed by atoms with Crippen molar-refractivity contribution in [3.63, 3.8) is 0 Å². The first-order valence-electron chi connectivity index (χ1n) is 9.00. The van der Waals surface area contributed by atoms with Crippen LogP contribution in [0.25, 0.3) is 0 Å². The number of rotatable bonds is 2. The van der Waals surface area contributed by atoms with Crippen LogP contribution < -0.4 is 10.2 Å². The number of hydrogen-bond donors (Lipinski definition) is 1. The molecule has 2 aromatic rings. The molecule has 2 heterocycles. The maximum absolute atomic E-state index is 13.2. The highest BCUT2D eigenvalue weighted by molar-refractivity contribution is 6.11. The van der Waals surface area contributed by atoms with Crippen LogP contribution in [0.3, 0.4) is 0 Å². The second kappa shape index (κ2) is 6.65. The first-order chi connectivity index (χ1) is 13.7. The van der Waals surface area contributed by atoms with Crippen molar-refractivity contribution >= 4 is 17.6 Å². The molecule has 1 N–H and O–H groups in total. The average Bonchev–Trinajstić information content (AvgIpc) is 3.03. The van der Waals surface area contributed by atoms with E-state index in [-0.39, 0.29) is 18.3 Å². The standard InChI is InChI=1S/C21H18F3N3O2/c1-12-6-8-13(9-7-12)18-17-16(26(2)20(29)25-18)11-27(19(17)28)15-5-3-4-14(10-15)21(22,23)24/h3-10,18H,11H2,1-2H3,(H,25,29)/t18-/m0/s1. The van der Waals surface area contributed by atoms with Gasteiger partial charge in [0.1, 0.15) is 0 Å². The third-order valence-electron chi connectivity index (χ3n) is 5.26. The molecule has 0 bridgehead atoms. The van der Waals surface area contributed by atoms with Gasteiger partial charge in [-0.15, -0.1) is 0 Å². The van der Waals surface area contributed by atoms with E-state index in [9.17, 15) is 22.8 Å². The van der Waals surface area contributed by atoms with Gasteiger partial charge in [-0.1, -0.05) is 35.9 Å². The second-order valence-electron chi connectivity index (χ2n) is 7.15. The summed E-state index contributed by atoms with van der Waals surface area (Å²) in [7, 11) is 1.54. The summed E-state index contributed by atoms with van der Waals surface area (Å²) in [6.45, 7) is 1.96. The minimum atomic E-state index is -4.51. The highest BCUT2D eigenvalue weighted by Crippen LogP contribution is 2.39. The number of carbonyl (C=O) groups is 2. The van der Waals surface area contributed by atoms with Gasteiger partial charge >= 0.3 is 12.2 Å². The van der Waals surface area contributed by atoms with Crippen molar-refractivity contribution in [2.75, 3.05) is 18.5 Å². The van der Waals surface area contributed by atoms with Crippen LogP contribution in [-0.4, -0.2) is 30.4 Å². The summed E-state index contributed by atoms with van der Waals surface area (Å²) in [5.41, 5.74) is 1.94. The minimum Gasteiger partial charge on any atom is -0.327 e. The number of benzene rings is 2. The molecule has 2 aromatic carbocycles. The smallest absolute Gasteiger partial charge is 0.327 e. The lowest BCUT2D eigenvalue weighted by molar-refractivity contribution is -0.137. The fourth-order valence-corrected chi connectivity index (χ4v) is 3.64. The highest BCUT2D eigenvalue weighted by atomic mass is 19.4. The van der Waals surface area contributed by atoms with Crippen molar-refractivity contribution in [1.82, 2.24) is 10.2 Å². The van der Waals surface area contributed by atoms with E-state index in [0.717, 1.165) is 23.3 Å². The van der Waals surface area contributed by atoms with E-state index < -0.39 is 23.7 Å². The van der Waals surface area contributed by atoms with Gasteiger partial charge in [0.2, 0.25) is 0 Å². The molecular formula is C21H18F3N3O2. The second-order valence-corrected chi connectivity index (χ2v) is 7.15. The van der Waals surface area contributed by atoms with Crippen molar-refractivity contribution < 1.29 is 22.8 Å². The van der Waals surface area contributed by atoms with Gasteiger partial charge in [0.25, 0.3) is 5.91 Å². The molecule has 0 aliphatic carbocycles. The molecule has 1 atom stereocenters. The average molecular weight is 401 g/mol. The number of urea groups is 1. The molecule has 150 valence electrons. The number of anilines is 1. The Bertz CT molecular complexity index is 1030. The number of alkyl halides is 3. The van der Waals surface area contributed by atoms with Crippen LogP contribution >= 0.6 is 0 Å². The monoisotopic (exact) mass is 401 g/mol. The lowest BCUT2D eigenvalue weighted by Gasteiger charge is -2.31. The van der Waals surface area contributed by atoms with Crippen molar-refractivity contribution in [1.29, 1.82) is 0 Å². The number of carbonyl (C=O) groups excluding carboxylic acids is 2. The SMILES string of the molecule is Cc1ccc([C@@H]2NC(=O)N(C)C3=C2C(=O)N(c2cccc(C(F)(F)F)c2)C3)cc1. The zero-order valence-electron chi connectivity index (χ0n) is 15.7. The molecule has 3 amide bonds. The van der Waals surface area contributed by atoms with E-state index in [1.54, 1.807) is 7.05 Å². The quantitative estimate of drug-likeness (QED) is 0.827. The summed E-state index contributed by atoms with van der Waals surface area (Å²) < 4.78 is 39.3. The van der Waals surface area contributed by atoms with Crippen LogP contribution in [0.15, 0.2) is 59.8 Å². The Labute approximate surface area is 165 Å². The minimum absolute atomic E-state index is 0.0295. The normalized spacial score (nSPS) is 19.6. The first kappa shape index (κ1) is 19.0. The van der Waals surface area contributed by atoms with Crippen molar-refractivity contribution in [2.24, 2.45) is 0 Å². The Balaban J connectivity index is 1.74. The van der Waals surface area contributed by atoms with Gasteiger partial charge < -0.3 is 10.2 Å². The highest BCUT2D eigenvalue weighted by Gasteiger charge is 2.43. The number of hydrogen-bond acceptors (Lipinski definition) is 2. The van der Waals surface area contributed by atoms with E-state index in [1.807, 2.05) is 31.2 Å². The third kappa shape index (κ3) is 3.24. The molecule has 0 aromatic heterocycles. The van der Waals surface area contributed by atoms with Crippen LogP contribution in [0.4, 0.5) is 23.7 Å². The first-order valence-corrected chi connectivity index (χ1v) is 9.00. The summed E-state index contributed by atoms with van der Waals surface area (Å²) in [5.74, 6) is -0.420. The van der Waals surface area contributed by atoms with Crippen molar-refractivity contribution in [3.8, 4) is 0 Å². The van der Waals surface area contributed by atoms with Gasteiger partial charge in [-0.3, -0.25) is 9.69 Å². The summed E-state index contributed by atoms with van der Waals surface area (Å²) >= 11 is 0. The molecule has 4 rings (SSSR count). The maximum atomic E-state index is 13.2. The summed E-state index contributed by atoms with van der Waals surface area (Å²) in [5, 5.41) is 2.81. The fraction of sp³-hybridized carbons (Fsp3) is 0.238. The number of amides is 3. The summed E-state index contributed by atoms with van der Waals surface area (Å²) in [6, 6.07) is 11.0. The molecule has 8 heteroatoms. The largest absolute Gasteiger partial charge is 0.416 e. The lowest BCUT2D eigenvalue weighted by atomic mass is 9.95. The molecule has 0 spiro atoms. The molecule has 5 nitrogen and oxygen atoms in total. The topological polar surface area (TPSA) is 52.7 Å². The fourth-order valence-electron chi connectivity index (χ4n) is 3.64. The third-order valence-corrected chi connectivity index (χ3v) is 5.26. The molecule has 0 unspecified atom stereocenters. The van der Waals surface area contributed by atoms with E-state index in [0.29, 0.717) is 11.3 Å². The Kier molecular flexibility index (Phi) is 4.37. The summed E-state index contributed by atoms with van der Waals surface area (Å²) in [4.78, 5) is 28.3. The number of halogens is 3. The Morgan fingerprint density at radius 2 is 1.76 bits per heavy atom. The van der Waals surface area contributed by atoms with Gasteiger partial charge in [0, 0.05) is 12.7 Å². The zero-order chi connectivity index (χ0) is 20.9. The van der Waals surface area contributed by atoms with Crippen molar-refractivity contribution in [2.45, 2.75) is 19.1 Å². The van der Waals surface area contributed by atoms with E-state index in [1.165, 1.54) is 21.9 Å². The predicted molar refractivity (Wildman–Crippen MR) is 101 cm³/mol. The van der Waals surface area contributed by atoms with Crippen LogP contribution in [0.5, 0.6) is 0 Å². The van der Waals surface area contributed by atoms with Gasteiger partial charge in [0.05, 0.1) is 29.4 Å². The molecule has 0 fully saturated rings. The summed E-state index contributed by atoms with van der Waals surface area (Å²) in [6.07, 6.45) is -4.51. The molecule has 2 aliphatic heterocycles. The van der Waals surface area contributed by atoms with E-state index >= 15 is 0 Å². The van der Waals surface area contributed by atoms with Crippen LogP contribution in [-0.2, 0) is 11.0 Å². The van der Waals surface area contributed by atoms with Crippen LogP contribution in [0, 0.1) is 6.92 Å². The van der Waals surface area contributed by atoms with Crippen molar-refractivity contribution in [3.05, 3.63) is 76.5 Å².